The highest BCUT2D eigenvalue weighted by Crippen LogP contribution is 2.26. The van der Waals surface area contributed by atoms with Crippen molar-refractivity contribution >= 4 is 16.6 Å². The van der Waals surface area contributed by atoms with E-state index in [0.29, 0.717) is 24.9 Å². The van der Waals surface area contributed by atoms with E-state index in [9.17, 15) is 0 Å². The second kappa shape index (κ2) is 8.71. The van der Waals surface area contributed by atoms with Crippen molar-refractivity contribution in [1.29, 1.82) is 0 Å². The van der Waals surface area contributed by atoms with Crippen LogP contribution in [0.25, 0.3) is 0 Å². The standard InChI is InChI=1S/C20H30N2O3Si2/c1-8-12-23-18-11-9-10-16(14-18)13-17-15-21-20(25-27(5,6)7)22-19(17)24-26(2,3)4/h8-11,14-15H,1,12-13H2,2-7H3. The zero-order valence-corrected chi connectivity index (χ0v) is 19.2. The van der Waals surface area contributed by atoms with E-state index < -0.39 is 16.6 Å². The Hall–Kier alpha value is -2.13. The molecule has 0 aliphatic heterocycles. The van der Waals surface area contributed by atoms with Crippen LogP contribution in [0.1, 0.15) is 11.1 Å². The predicted molar refractivity (Wildman–Crippen MR) is 115 cm³/mol. The number of aromatic nitrogens is 2. The Morgan fingerprint density at radius 3 is 2.37 bits per heavy atom. The van der Waals surface area contributed by atoms with Crippen LogP contribution in [0, 0.1) is 0 Å². The van der Waals surface area contributed by atoms with Gasteiger partial charge in [-0.3, -0.25) is 0 Å². The molecule has 0 fully saturated rings. The van der Waals surface area contributed by atoms with Crippen LogP contribution in [0.4, 0.5) is 0 Å². The molecule has 5 nitrogen and oxygen atoms in total. The molecule has 0 aliphatic rings. The van der Waals surface area contributed by atoms with Gasteiger partial charge in [0.15, 0.2) is 0 Å². The fourth-order valence-electron chi connectivity index (χ4n) is 2.32. The molecule has 27 heavy (non-hydrogen) atoms. The topological polar surface area (TPSA) is 53.5 Å². The van der Waals surface area contributed by atoms with E-state index in [1.54, 1.807) is 6.08 Å². The lowest BCUT2D eigenvalue weighted by Crippen LogP contribution is -2.32. The predicted octanol–water partition coefficient (Wildman–Crippen LogP) is 5.06. The molecule has 0 radical (unpaired) electrons. The molecule has 0 N–H and O–H groups in total. The van der Waals surface area contributed by atoms with Crippen LogP contribution < -0.4 is 13.6 Å². The Morgan fingerprint density at radius 1 is 1.04 bits per heavy atom. The average Bonchev–Trinajstić information content (AvgIpc) is 2.53. The number of nitrogens with zero attached hydrogens (tertiary/aromatic N) is 2. The highest BCUT2D eigenvalue weighted by Gasteiger charge is 2.23. The molecule has 0 bridgehead atoms. The van der Waals surface area contributed by atoms with E-state index in [4.69, 9.17) is 13.6 Å². The third kappa shape index (κ3) is 7.56. The maximum atomic E-state index is 6.23. The summed E-state index contributed by atoms with van der Waals surface area (Å²) in [6.45, 7) is 16.9. The largest absolute Gasteiger partial charge is 0.531 e. The second-order valence-corrected chi connectivity index (χ2v) is 17.2. The van der Waals surface area contributed by atoms with E-state index in [1.165, 1.54) is 0 Å². The van der Waals surface area contributed by atoms with Gasteiger partial charge in [0.1, 0.15) is 12.4 Å². The van der Waals surface area contributed by atoms with Crippen LogP contribution in [-0.4, -0.2) is 33.2 Å². The number of rotatable bonds is 9. The van der Waals surface area contributed by atoms with Crippen molar-refractivity contribution in [3.8, 4) is 17.6 Å². The van der Waals surface area contributed by atoms with Gasteiger partial charge in [0, 0.05) is 18.2 Å². The number of benzene rings is 1. The number of hydrogen-bond donors (Lipinski definition) is 0. The second-order valence-electron chi connectivity index (χ2n) is 8.34. The third-order valence-corrected chi connectivity index (χ3v) is 4.86. The van der Waals surface area contributed by atoms with Crippen molar-refractivity contribution in [2.45, 2.75) is 45.7 Å². The van der Waals surface area contributed by atoms with Gasteiger partial charge < -0.3 is 13.6 Å². The van der Waals surface area contributed by atoms with E-state index in [2.05, 4.69) is 61.9 Å². The molecule has 0 aliphatic carbocycles. The Bertz CT molecular complexity index is 784. The molecule has 0 amide bonds. The lowest BCUT2D eigenvalue weighted by molar-refractivity contribution is 0.363. The maximum Gasteiger partial charge on any atom is 0.305 e. The van der Waals surface area contributed by atoms with Crippen molar-refractivity contribution < 1.29 is 13.6 Å². The Kier molecular flexibility index (Phi) is 6.83. The van der Waals surface area contributed by atoms with Crippen molar-refractivity contribution in [2.75, 3.05) is 6.61 Å². The summed E-state index contributed by atoms with van der Waals surface area (Å²) in [5, 5.41) is 0. The van der Waals surface area contributed by atoms with Gasteiger partial charge in [-0.15, -0.1) is 0 Å². The SMILES string of the molecule is C=CCOc1cccc(Cc2cnc(O[Si](C)(C)C)nc2O[Si](C)(C)C)c1. The molecule has 0 spiro atoms. The molecular formula is C20H30N2O3Si2. The summed E-state index contributed by atoms with van der Waals surface area (Å²) < 4.78 is 17.8. The Balaban J connectivity index is 2.30. The van der Waals surface area contributed by atoms with Crippen LogP contribution in [0.15, 0.2) is 43.1 Å². The summed E-state index contributed by atoms with van der Waals surface area (Å²) >= 11 is 0. The number of ether oxygens (including phenoxy) is 1. The van der Waals surface area contributed by atoms with Gasteiger partial charge >= 0.3 is 6.01 Å². The minimum atomic E-state index is -1.83. The molecule has 2 rings (SSSR count). The molecule has 2 aromatic rings. The highest BCUT2D eigenvalue weighted by atomic mass is 28.4. The van der Waals surface area contributed by atoms with E-state index in [-0.39, 0.29) is 0 Å². The fraction of sp³-hybridized carbons (Fsp3) is 0.400. The molecule has 1 heterocycles. The first-order valence-electron chi connectivity index (χ1n) is 9.12. The van der Waals surface area contributed by atoms with E-state index in [1.807, 2.05) is 24.4 Å². The van der Waals surface area contributed by atoms with Gasteiger partial charge in [-0.25, -0.2) is 4.98 Å². The van der Waals surface area contributed by atoms with Crippen LogP contribution in [-0.2, 0) is 6.42 Å². The Morgan fingerprint density at radius 2 is 1.74 bits per heavy atom. The quantitative estimate of drug-likeness (QED) is 0.433. The summed E-state index contributed by atoms with van der Waals surface area (Å²) in [5.74, 6) is 1.44. The highest BCUT2D eigenvalue weighted by molar-refractivity contribution is 6.70. The summed E-state index contributed by atoms with van der Waals surface area (Å²) in [6.07, 6.45) is 4.21. The molecular weight excluding hydrogens is 372 g/mol. The van der Waals surface area contributed by atoms with Gasteiger partial charge in [-0.2, -0.15) is 4.98 Å². The molecule has 0 saturated carbocycles. The molecule has 7 heteroatoms. The van der Waals surface area contributed by atoms with Crippen LogP contribution in [0.2, 0.25) is 39.3 Å². The summed E-state index contributed by atoms with van der Waals surface area (Å²) in [7, 11) is -3.61. The normalized spacial score (nSPS) is 11.8. The summed E-state index contributed by atoms with van der Waals surface area (Å²) in [5.41, 5.74) is 2.06. The smallest absolute Gasteiger partial charge is 0.305 e. The first-order valence-corrected chi connectivity index (χ1v) is 15.9. The lowest BCUT2D eigenvalue weighted by atomic mass is 10.1. The van der Waals surface area contributed by atoms with Crippen LogP contribution >= 0.6 is 0 Å². The zero-order valence-electron chi connectivity index (χ0n) is 17.2. The minimum Gasteiger partial charge on any atom is -0.531 e. The van der Waals surface area contributed by atoms with Crippen LogP contribution in [0.3, 0.4) is 0 Å². The molecule has 0 unspecified atom stereocenters. The fourth-order valence-corrected chi connectivity index (χ4v) is 3.72. The van der Waals surface area contributed by atoms with Gasteiger partial charge in [-0.05, 0) is 57.0 Å². The van der Waals surface area contributed by atoms with Gasteiger partial charge in [0.05, 0.1) is 0 Å². The molecule has 1 aromatic carbocycles. The van der Waals surface area contributed by atoms with Crippen molar-refractivity contribution in [3.63, 3.8) is 0 Å². The summed E-state index contributed by atoms with van der Waals surface area (Å²) in [6, 6.07) is 8.40. The molecule has 1 aromatic heterocycles. The van der Waals surface area contributed by atoms with E-state index >= 15 is 0 Å². The third-order valence-electron chi connectivity index (χ3n) is 3.26. The van der Waals surface area contributed by atoms with Crippen LogP contribution in [0.5, 0.6) is 17.6 Å². The Labute approximate surface area is 164 Å². The number of hydrogen-bond acceptors (Lipinski definition) is 5. The average molecular weight is 403 g/mol. The lowest BCUT2D eigenvalue weighted by Gasteiger charge is -2.22. The summed E-state index contributed by atoms with van der Waals surface area (Å²) in [4.78, 5) is 9.00. The van der Waals surface area contributed by atoms with Crippen molar-refractivity contribution in [1.82, 2.24) is 9.97 Å². The van der Waals surface area contributed by atoms with Crippen molar-refractivity contribution in [3.05, 3.63) is 54.2 Å². The van der Waals surface area contributed by atoms with E-state index in [0.717, 1.165) is 16.9 Å². The zero-order chi connectivity index (χ0) is 20.1. The molecule has 146 valence electrons. The minimum absolute atomic E-state index is 0.397. The molecule has 0 saturated heterocycles. The van der Waals surface area contributed by atoms with Gasteiger partial charge in [-0.1, -0.05) is 24.8 Å². The monoisotopic (exact) mass is 402 g/mol. The maximum absolute atomic E-state index is 6.23. The first-order chi connectivity index (χ1) is 12.6. The molecule has 0 atom stereocenters. The van der Waals surface area contributed by atoms with Gasteiger partial charge in [0.25, 0.3) is 0 Å². The first kappa shape index (κ1) is 21.2. The van der Waals surface area contributed by atoms with Gasteiger partial charge in [0.2, 0.25) is 22.5 Å². The van der Waals surface area contributed by atoms with Crippen molar-refractivity contribution in [2.24, 2.45) is 0 Å².